The summed E-state index contributed by atoms with van der Waals surface area (Å²) in [6.45, 7) is 0. The van der Waals surface area contributed by atoms with E-state index in [1.807, 2.05) is 0 Å². The van der Waals surface area contributed by atoms with Gasteiger partial charge in [0.25, 0.3) is 0 Å². The van der Waals surface area contributed by atoms with Crippen molar-refractivity contribution in [2.24, 2.45) is 0 Å². The first-order valence-corrected chi connectivity index (χ1v) is 11.5. The fourth-order valence-corrected chi connectivity index (χ4v) is 3.68. The lowest BCUT2D eigenvalue weighted by molar-refractivity contribution is -0.139. The first-order valence-electron chi connectivity index (χ1n) is 11.5. The van der Waals surface area contributed by atoms with Crippen molar-refractivity contribution in [3.63, 3.8) is 0 Å². The highest BCUT2D eigenvalue weighted by molar-refractivity contribution is 5.55. The monoisotopic (exact) mass is 603 g/mol. The molecule has 4 aromatic rings. The van der Waals surface area contributed by atoms with Crippen molar-refractivity contribution < 1.29 is 53.7 Å². The number of alkyl halides is 9. The normalized spacial score (nSPS) is 12.2. The maximum absolute atomic E-state index is 13.6. The molecule has 0 heterocycles. The largest absolute Gasteiger partial charge is 0.456 e. The third-order valence-corrected chi connectivity index (χ3v) is 5.46. The molecule has 0 radical (unpaired) electrons. The summed E-state index contributed by atoms with van der Waals surface area (Å²) in [6, 6.07) is 10.4. The Bertz CT molecular complexity index is 1420. The van der Waals surface area contributed by atoms with Crippen molar-refractivity contribution in [1.82, 2.24) is 0 Å². The molecule has 0 aromatic heterocycles. The number of rotatable bonds is 6. The minimum absolute atomic E-state index is 0.248. The van der Waals surface area contributed by atoms with Crippen LogP contribution in [0.2, 0.25) is 0 Å². The van der Waals surface area contributed by atoms with Gasteiger partial charge in [0.1, 0.15) is 51.2 Å². The molecule has 6 nitrogen and oxygen atoms in total. The number of nitrogens with two attached hydrogens (primary N) is 3. The molecule has 0 unspecified atom stereocenters. The lowest BCUT2D eigenvalue weighted by Crippen LogP contribution is -2.09. The molecular weight excluding hydrogens is 585 g/mol. The fraction of sp³-hybridized carbons (Fsp3) is 0.111. The molecule has 4 rings (SSSR count). The summed E-state index contributed by atoms with van der Waals surface area (Å²) in [7, 11) is 0. The van der Waals surface area contributed by atoms with Crippen LogP contribution in [0.15, 0.2) is 72.8 Å². The van der Waals surface area contributed by atoms with Gasteiger partial charge in [-0.15, -0.1) is 0 Å². The maximum atomic E-state index is 13.6. The topological polar surface area (TPSA) is 106 Å². The SMILES string of the molecule is Nc1ccc(Oc2cc(Oc3ccc(N)cc3C(F)(F)F)cc(Oc3ccc(N)cc3C(F)(F)F)c2)c(C(F)(F)F)c1. The lowest BCUT2D eigenvalue weighted by Gasteiger charge is -2.18. The summed E-state index contributed by atoms with van der Waals surface area (Å²) in [4.78, 5) is 0. The van der Waals surface area contributed by atoms with Crippen molar-refractivity contribution in [3.05, 3.63) is 89.5 Å². The Kier molecular flexibility index (Phi) is 7.72. The predicted molar refractivity (Wildman–Crippen MR) is 134 cm³/mol. The van der Waals surface area contributed by atoms with Crippen LogP contribution in [0.4, 0.5) is 56.6 Å². The van der Waals surface area contributed by atoms with Gasteiger partial charge in [-0.3, -0.25) is 0 Å². The van der Waals surface area contributed by atoms with Crippen LogP contribution in [-0.4, -0.2) is 0 Å². The van der Waals surface area contributed by atoms with Crippen LogP contribution in [-0.2, 0) is 18.5 Å². The first-order chi connectivity index (χ1) is 19.4. The quantitative estimate of drug-likeness (QED) is 0.150. The zero-order chi connectivity index (χ0) is 31.0. The molecule has 0 aliphatic heterocycles. The summed E-state index contributed by atoms with van der Waals surface area (Å²) in [6.07, 6.45) is -14.8. The van der Waals surface area contributed by atoms with E-state index in [0.717, 1.165) is 54.6 Å². The third kappa shape index (κ3) is 7.03. The Morgan fingerprint density at radius 1 is 0.381 bits per heavy atom. The van der Waals surface area contributed by atoms with E-state index < -0.39 is 69.7 Å². The molecule has 6 N–H and O–H groups in total. The Hall–Kier alpha value is -4.95. The van der Waals surface area contributed by atoms with Gasteiger partial charge in [-0.05, 0) is 54.6 Å². The standard InChI is InChI=1S/C27H18F9N3O3/c28-25(29,30)19-7-13(37)1-4-22(19)40-16-10-17(41-23-5-2-14(38)8-20(23)26(31,32)33)12-18(11-16)42-24-6-3-15(39)9-21(24)27(34,35)36/h1-12H,37-39H2. The Morgan fingerprint density at radius 2 is 0.619 bits per heavy atom. The van der Waals surface area contributed by atoms with Crippen LogP contribution in [0.3, 0.4) is 0 Å². The summed E-state index contributed by atoms with van der Waals surface area (Å²) in [5.41, 5.74) is 11.7. The molecule has 0 aliphatic rings. The zero-order valence-corrected chi connectivity index (χ0v) is 20.8. The highest BCUT2D eigenvalue weighted by atomic mass is 19.4. The molecule has 0 fully saturated rings. The van der Waals surface area contributed by atoms with Crippen LogP contribution in [0, 0.1) is 0 Å². The van der Waals surface area contributed by atoms with E-state index >= 15 is 0 Å². The summed E-state index contributed by atoms with van der Waals surface area (Å²) >= 11 is 0. The molecular formula is C27H18F9N3O3. The van der Waals surface area contributed by atoms with Gasteiger partial charge in [0.2, 0.25) is 0 Å². The van der Waals surface area contributed by atoms with Crippen molar-refractivity contribution in [2.75, 3.05) is 17.2 Å². The Morgan fingerprint density at radius 3 is 0.833 bits per heavy atom. The van der Waals surface area contributed by atoms with Gasteiger partial charge in [0, 0.05) is 35.3 Å². The van der Waals surface area contributed by atoms with Crippen molar-refractivity contribution in [1.29, 1.82) is 0 Å². The van der Waals surface area contributed by atoms with Gasteiger partial charge in [-0.1, -0.05) is 0 Å². The summed E-state index contributed by atoms with van der Waals surface area (Å²) in [5.74, 6) is -3.80. The lowest BCUT2D eigenvalue weighted by atomic mass is 10.1. The molecule has 0 saturated heterocycles. The second-order valence-electron chi connectivity index (χ2n) is 8.71. The van der Waals surface area contributed by atoms with Crippen LogP contribution in [0.25, 0.3) is 0 Å². The highest BCUT2D eigenvalue weighted by Crippen LogP contribution is 2.45. The third-order valence-electron chi connectivity index (χ3n) is 5.46. The summed E-state index contributed by atoms with van der Waals surface area (Å²) < 4.78 is 139. The van der Waals surface area contributed by atoms with E-state index in [0.29, 0.717) is 18.2 Å². The number of benzene rings is 4. The van der Waals surface area contributed by atoms with Gasteiger partial charge < -0.3 is 31.4 Å². The Balaban J connectivity index is 1.83. The molecule has 0 atom stereocenters. The number of hydrogen-bond donors (Lipinski definition) is 3. The second-order valence-corrected chi connectivity index (χ2v) is 8.71. The number of anilines is 3. The molecule has 0 saturated carbocycles. The van der Waals surface area contributed by atoms with Gasteiger partial charge in [-0.25, -0.2) is 0 Å². The number of nitrogen functional groups attached to an aromatic ring is 3. The minimum atomic E-state index is -4.94. The second kappa shape index (κ2) is 10.8. The molecule has 15 heteroatoms. The van der Waals surface area contributed by atoms with Crippen LogP contribution >= 0.6 is 0 Å². The zero-order valence-electron chi connectivity index (χ0n) is 20.8. The van der Waals surface area contributed by atoms with Gasteiger partial charge in [0.15, 0.2) is 0 Å². The van der Waals surface area contributed by atoms with Crippen molar-refractivity contribution >= 4 is 17.1 Å². The molecule has 0 amide bonds. The van der Waals surface area contributed by atoms with E-state index in [4.69, 9.17) is 31.4 Å². The van der Waals surface area contributed by atoms with E-state index in [2.05, 4.69) is 0 Å². The summed E-state index contributed by atoms with van der Waals surface area (Å²) in [5, 5.41) is 0. The first kappa shape index (κ1) is 30.0. The van der Waals surface area contributed by atoms with E-state index in [1.54, 1.807) is 0 Å². The van der Waals surface area contributed by atoms with Crippen LogP contribution < -0.4 is 31.4 Å². The minimum Gasteiger partial charge on any atom is -0.456 e. The highest BCUT2D eigenvalue weighted by Gasteiger charge is 2.37. The molecule has 0 aliphatic carbocycles. The van der Waals surface area contributed by atoms with Gasteiger partial charge in [-0.2, -0.15) is 39.5 Å². The average molecular weight is 603 g/mol. The number of hydrogen-bond acceptors (Lipinski definition) is 6. The van der Waals surface area contributed by atoms with E-state index in [9.17, 15) is 39.5 Å². The Labute approximate surface area is 231 Å². The molecule has 222 valence electrons. The fourth-order valence-electron chi connectivity index (χ4n) is 3.68. The smallest absolute Gasteiger partial charge is 0.420 e. The van der Waals surface area contributed by atoms with Crippen molar-refractivity contribution in [2.45, 2.75) is 18.5 Å². The molecule has 4 aromatic carbocycles. The maximum Gasteiger partial charge on any atom is 0.420 e. The van der Waals surface area contributed by atoms with E-state index in [1.165, 1.54) is 0 Å². The predicted octanol–water partition coefficient (Wildman–Crippen LogP) is 8.87. The average Bonchev–Trinajstić information content (AvgIpc) is 2.85. The molecule has 0 spiro atoms. The van der Waals surface area contributed by atoms with Gasteiger partial charge in [0.05, 0.1) is 0 Å². The van der Waals surface area contributed by atoms with Crippen molar-refractivity contribution in [3.8, 4) is 34.5 Å². The number of ether oxygens (including phenoxy) is 3. The van der Waals surface area contributed by atoms with Crippen LogP contribution in [0.1, 0.15) is 16.7 Å². The molecule has 42 heavy (non-hydrogen) atoms. The number of halogens is 9. The van der Waals surface area contributed by atoms with Crippen LogP contribution in [0.5, 0.6) is 34.5 Å². The van der Waals surface area contributed by atoms with Gasteiger partial charge >= 0.3 is 18.5 Å². The molecule has 0 bridgehead atoms. The van der Waals surface area contributed by atoms with E-state index in [-0.39, 0.29) is 17.1 Å².